The van der Waals surface area contributed by atoms with Crippen LogP contribution in [-0.4, -0.2) is 24.0 Å². The Morgan fingerprint density at radius 1 is 1.38 bits per heavy atom. The molecule has 1 heteroatoms. The number of hydrogen-bond acceptors (Lipinski definition) is 1. The second-order valence-corrected chi connectivity index (χ2v) is 4.45. The van der Waals surface area contributed by atoms with Gasteiger partial charge >= 0.3 is 0 Å². The van der Waals surface area contributed by atoms with Gasteiger partial charge in [0.05, 0.1) is 0 Å². The van der Waals surface area contributed by atoms with Crippen LogP contribution in [0.5, 0.6) is 0 Å². The van der Waals surface area contributed by atoms with E-state index in [1.807, 2.05) is 0 Å². The number of likely N-dealkylation sites (tertiary alicyclic amines) is 1. The summed E-state index contributed by atoms with van der Waals surface area (Å²) in [6.07, 6.45) is 7.81. The van der Waals surface area contributed by atoms with Crippen LogP contribution in [0.2, 0.25) is 0 Å². The summed E-state index contributed by atoms with van der Waals surface area (Å²) in [5.74, 6) is 0. The highest BCUT2D eigenvalue weighted by Crippen LogP contribution is 2.16. The van der Waals surface area contributed by atoms with Crippen LogP contribution in [-0.2, 0) is 0 Å². The molecule has 13 heavy (non-hydrogen) atoms. The van der Waals surface area contributed by atoms with E-state index in [2.05, 4.69) is 31.7 Å². The van der Waals surface area contributed by atoms with Crippen LogP contribution in [0.4, 0.5) is 0 Å². The second kappa shape index (κ2) is 5.43. The molecule has 76 valence electrons. The first-order chi connectivity index (χ1) is 6.20. The van der Waals surface area contributed by atoms with Crippen LogP contribution in [0, 0.1) is 0 Å². The van der Waals surface area contributed by atoms with Crippen molar-refractivity contribution in [2.45, 2.75) is 52.5 Å². The summed E-state index contributed by atoms with van der Waals surface area (Å²) < 4.78 is 0. The van der Waals surface area contributed by atoms with Gasteiger partial charge < -0.3 is 4.90 Å². The van der Waals surface area contributed by atoms with Crippen molar-refractivity contribution in [3.63, 3.8) is 0 Å². The fourth-order valence-corrected chi connectivity index (χ4v) is 2.01. The third-order valence-corrected chi connectivity index (χ3v) is 2.91. The molecule has 1 rings (SSSR count). The quantitative estimate of drug-likeness (QED) is 0.604. The first-order valence-electron chi connectivity index (χ1n) is 5.57. The maximum Gasteiger partial charge on any atom is 0.00670 e. The molecule has 1 fully saturated rings. The minimum Gasteiger partial charge on any atom is -0.300 e. The number of hydrogen-bond donors (Lipinski definition) is 0. The standard InChI is InChI=1S/C12H23N/c1-11(2)7-6-10-13-9-5-4-8-12(13)3/h7,12H,4-6,8-10H2,1-3H3. The first-order valence-corrected chi connectivity index (χ1v) is 5.57. The van der Waals surface area contributed by atoms with Crippen molar-refractivity contribution in [1.82, 2.24) is 4.90 Å². The van der Waals surface area contributed by atoms with Gasteiger partial charge in [-0.2, -0.15) is 0 Å². The maximum atomic E-state index is 2.63. The van der Waals surface area contributed by atoms with Crippen molar-refractivity contribution in [3.05, 3.63) is 11.6 Å². The molecule has 1 atom stereocenters. The molecule has 0 saturated carbocycles. The van der Waals surface area contributed by atoms with E-state index in [9.17, 15) is 0 Å². The zero-order chi connectivity index (χ0) is 9.68. The topological polar surface area (TPSA) is 3.24 Å². The van der Waals surface area contributed by atoms with Crippen LogP contribution in [0.3, 0.4) is 0 Å². The molecule has 1 nitrogen and oxygen atoms in total. The highest BCUT2D eigenvalue weighted by atomic mass is 15.1. The molecule has 1 aliphatic rings. The van der Waals surface area contributed by atoms with E-state index in [1.165, 1.54) is 44.3 Å². The van der Waals surface area contributed by atoms with Crippen molar-refractivity contribution in [2.75, 3.05) is 13.1 Å². The molecule has 0 aliphatic carbocycles. The van der Waals surface area contributed by atoms with Gasteiger partial charge in [0.2, 0.25) is 0 Å². The van der Waals surface area contributed by atoms with Gasteiger partial charge in [0.1, 0.15) is 0 Å². The number of piperidine rings is 1. The second-order valence-electron chi connectivity index (χ2n) is 4.45. The first kappa shape index (κ1) is 10.8. The minimum atomic E-state index is 0.819. The number of nitrogens with zero attached hydrogens (tertiary/aromatic N) is 1. The van der Waals surface area contributed by atoms with Gasteiger partial charge in [-0.25, -0.2) is 0 Å². The molecule has 0 aromatic heterocycles. The summed E-state index contributed by atoms with van der Waals surface area (Å²) >= 11 is 0. The van der Waals surface area contributed by atoms with Crippen molar-refractivity contribution in [3.8, 4) is 0 Å². The van der Waals surface area contributed by atoms with Crippen molar-refractivity contribution >= 4 is 0 Å². The maximum absolute atomic E-state index is 2.63. The average molecular weight is 181 g/mol. The average Bonchev–Trinajstić information content (AvgIpc) is 2.08. The number of allylic oxidation sites excluding steroid dienone is 1. The molecule has 1 saturated heterocycles. The predicted octanol–water partition coefficient (Wildman–Crippen LogP) is 3.22. The van der Waals surface area contributed by atoms with Gasteiger partial charge in [0, 0.05) is 12.6 Å². The van der Waals surface area contributed by atoms with Gasteiger partial charge in [0.15, 0.2) is 0 Å². The lowest BCUT2D eigenvalue weighted by Crippen LogP contribution is -2.37. The Kier molecular flexibility index (Phi) is 4.51. The zero-order valence-electron chi connectivity index (χ0n) is 9.34. The molecule has 1 heterocycles. The van der Waals surface area contributed by atoms with Crippen molar-refractivity contribution in [1.29, 1.82) is 0 Å². The molecule has 0 aromatic rings. The highest BCUT2D eigenvalue weighted by molar-refractivity contribution is 4.93. The lowest BCUT2D eigenvalue weighted by Gasteiger charge is -2.32. The van der Waals surface area contributed by atoms with E-state index in [4.69, 9.17) is 0 Å². The lowest BCUT2D eigenvalue weighted by molar-refractivity contribution is 0.164. The normalized spacial score (nSPS) is 24.4. The van der Waals surface area contributed by atoms with Crippen LogP contribution < -0.4 is 0 Å². The van der Waals surface area contributed by atoms with E-state index in [1.54, 1.807) is 0 Å². The van der Waals surface area contributed by atoms with Crippen LogP contribution in [0.15, 0.2) is 11.6 Å². The Morgan fingerprint density at radius 3 is 2.77 bits per heavy atom. The van der Waals surface area contributed by atoms with Crippen LogP contribution >= 0.6 is 0 Å². The zero-order valence-corrected chi connectivity index (χ0v) is 9.34. The van der Waals surface area contributed by atoms with E-state index >= 15 is 0 Å². The molecular weight excluding hydrogens is 158 g/mol. The molecule has 0 amide bonds. The summed E-state index contributed by atoms with van der Waals surface area (Å²) in [4.78, 5) is 2.63. The molecule has 0 aromatic carbocycles. The molecule has 0 N–H and O–H groups in total. The van der Waals surface area contributed by atoms with Gasteiger partial charge in [-0.15, -0.1) is 0 Å². The van der Waals surface area contributed by atoms with Crippen LogP contribution in [0.1, 0.15) is 46.5 Å². The number of rotatable bonds is 3. The lowest BCUT2D eigenvalue weighted by atomic mass is 10.0. The van der Waals surface area contributed by atoms with Crippen molar-refractivity contribution < 1.29 is 0 Å². The largest absolute Gasteiger partial charge is 0.300 e. The van der Waals surface area contributed by atoms with Gasteiger partial charge in [0.25, 0.3) is 0 Å². The molecular formula is C12H23N. The van der Waals surface area contributed by atoms with E-state index in [0.717, 1.165) is 6.04 Å². The summed E-state index contributed by atoms with van der Waals surface area (Å²) in [5.41, 5.74) is 1.45. The molecule has 1 aliphatic heterocycles. The Hall–Kier alpha value is -0.300. The third kappa shape index (κ3) is 3.95. The summed E-state index contributed by atoms with van der Waals surface area (Å²) in [6.45, 7) is 9.30. The Morgan fingerprint density at radius 2 is 2.15 bits per heavy atom. The Bertz CT molecular complexity index is 168. The summed E-state index contributed by atoms with van der Waals surface area (Å²) in [7, 11) is 0. The predicted molar refractivity (Wildman–Crippen MR) is 58.9 cm³/mol. The molecule has 1 unspecified atom stereocenters. The Labute approximate surface area is 82.8 Å². The molecule has 0 radical (unpaired) electrons. The smallest absolute Gasteiger partial charge is 0.00670 e. The van der Waals surface area contributed by atoms with E-state index < -0.39 is 0 Å². The minimum absolute atomic E-state index is 0.819. The summed E-state index contributed by atoms with van der Waals surface area (Å²) in [5, 5.41) is 0. The monoisotopic (exact) mass is 181 g/mol. The molecule has 0 spiro atoms. The van der Waals surface area contributed by atoms with E-state index in [-0.39, 0.29) is 0 Å². The summed E-state index contributed by atoms with van der Waals surface area (Å²) in [6, 6.07) is 0.819. The van der Waals surface area contributed by atoms with Crippen molar-refractivity contribution in [2.24, 2.45) is 0 Å². The fraction of sp³-hybridized carbons (Fsp3) is 0.833. The third-order valence-electron chi connectivity index (χ3n) is 2.91. The Balaban J connectivity index is 2.23. The van der Waals surface area contributed by atoms with Crippen LogP contribution in [0.25, 0.3) is 0 Å². The molecule has 0 bridgehead atoms. The fourth-order valence-electron chi connectivity index (χ4n) is 2.01. The van der Waals surface area contributed by atoms with Gasteiger partial charge in [-0.05, 0) is 46.6 Å². The van der Waals surface area contributed by atoms with Gasteiger partial charge in [-0.1, -0.05) is 18.1 Å². The highest BCUT2D eigenvalue weighted by Gasteiger charge is 2.16. The van der Waals surface area contributed by atoms with E-state index in [0.29, 0.717) is 0 Å². The van der Waals surface area contributed by atoms with Gasteiger partial charge in [-0.3, -0.25) is 0 Å². The SMILES string of the molecule is CC(C)=CCCN1CCCCC1C.